The van der Waals surface area contributed by atoms with Crippen LogP contribution in [0.2, 0.25) is 0 Å². The molecule has 0 aromatic carbocycles. The Morgan fingerprint density at radius 3 is 2.68 bits per heavy atom. The highest BCUT2D eigenvalue weighted by atomic mass is 16.6. The molecule has 2 saturated carbocycles. The number of carbonyl (C=O) groups is 1. The van der Waals surface area contributed by atoms with Gasteiger partial charge in [-0.25, -0.2) is 0 Å². The second-order valence-corrected chi connectivity index (χ2v) is 12.0. The fourth-order valence-electron chi connectivity index (χ4n) is 8.66. The fraction of sp³-hybridized carbons (Fsp3) is 0.808. The third kappa shape index (κ3) is 2.84. The Kier molecular flexibility index (Phi) is 4.47. The van der Waals surface area contributed by atoms with Gasteiger partial charge in [-0.05, 0) is 67.5 Å². The number of rotatable bonds is 2. The standard InChI is InChI=1S/C26H37NO4/c1-25(2)8-7-9-26(3)17-13-18-16(12-15(30-18)14-27-10-5-4-6-11-27)19-20(17)22(31-24(19)29)21(28)23(25)26/h12,17,19-23,28H,4-11,13-14H2,1-3H3/t17-,19+,20+,21-,22+,23-,26+/m0/s1. The number of furan rings is 1. The number of piperidine rings is 1. The van der Waals surface area contributed by atoms with E-state index in [1.807, 2.05) is 0 Å². The molecule has 4 fully saturated rings. The Hall–Kier alpha value is -1.33. The minimum Gasteiger partial charge on any atom is -0.464 e. The number of aliphatic hydroxyl groups is 1. The van der Waals surface area contributed by atoms with Crippen LogP contribution in [0.5, 0.6) is 0 Å². The average Bonchev–Trinajstić information content (AvgIpc) is 3.27. The Bertz CT molecular complexity index is 884. The number of hydrogen-bond donors (Lipinski definition) is 1. The lowest BCUT2D eigenvalue weighted by Gasteiger charge is -2.62. The SMILES string of the molecule is CC1(C)CCC[C@]2(C)[C@H]3Cc4oc(CN5CCCCC5)cc4[C@H]4C(=O)O[C@@H]([C@H](O)[C@@H]12)[C@@H]43. The van der Waals surface area contributed by atoms with Crippen molar-refractivity contribution >= 4 is 5.97 Å². The van der Waals surface area contributed by atoms with Crippen molar-refractivity contribution in [2.45, 2.75) is 90.4 Å². The molecule has 2 aliphatic heterocycles. The Labute approximate surface area is 185 Å². The van der Waals surface area contributed by atoms with Gasteiger partial charge in [0.2, 0.25) is 0 Å². The van der Waals surface area contributed by atoms with Gasteiger partial charge < -0.3 is 14.3 Å². The molecule has 2 saturated heterocycles. The second kappa shape index (κ2) is 6.84. The summed E-state index contributed by atoms with van der Waals surface area (Å²) < 4.78 is 12.4. The summed E-state index contributed by atoms with van der Waals surface area (Å²) >= 11 is 0. The van der Waals surface area contributed by atoms with Crippen LogP contribution in [0.1, 0.15) is 82.3 Å². The molecule has 5 aliphatic rings. The van der Waals surface area contributed by atoms with Crippen molar-refractivity contribution in [2.75, 3.05) is 13.1 Å². The van der Waals surface area contributed by atoms with E-state index in [2.05, 4.69) is 31.7 Å². The largest absolute Gasteiger partial charge is 0.464 e. The van der Waals surface area contributed by atoms with Crippen LogP contribution < -0.4 is 0 Å². The smallest absolute Gasteiger partial charge is 0.314 e. The molecule has 1 aromatic rings. The summed E-state index contributed by atoms with van der Waals surface area (Å²) in [6, 6.07) is 2.14. The van der Waals surface area contributed by atoms with Gasteiger partial charge in [-0.3, -0.25) is 9.69 Å². The van der Waals surface area contributed by atoms with Crippen molar-refractivity contribution < 1.29 is 19.1 Å². The van der Waals surface area contributed by atoms with Crippen LogP contribution in [0.3, 0.4) is 0 Å². The van der Waals surface area contributed by atoms with Gasteiger partial charge in [0.15, 0.2) is 0 Å². The van der Waals surface area contributed by atoms with Crippen LogP contribution in [0.25, 0.3) is 0 Å². The average molecular weight is 428 g/mol. The van der Waals surface area contributed by atoms with Gasteiger partial charge >= 0.3 is 5.97 Å². The molecule has 0 unspecified atom stereocenters. The zero-order valence-corrected chi connectivity index (χ0v) is 19.2. The first-order valence-corrected chi connectivity index (χ1v) is 12.5. The molecule has 0 spiro atoms. The molecule has 31 heavy (non-hydrogen) atoms. The minimum absolute atomic E-state index is 0.00603. The molecule has 0 amide bonds. The van der Waals surface area contributed by atoms with E-state index in [-0.39, 0.29) is 40.7 Å². The maximum atomic E-state index is 13.1. The molecule has 1 aromatic heterocycles. The molecular weight excluding hydrogens is 390 g/mol. The lowest BCUT2D eigenvalue weighted by Crippen LogP contribution is -2.63. The molecule has 3 heterocycles. The molecule has 6 rings (SSSR count). The molecule has 0 bridgehead atoms. The Morgan fingerprint density at radius 2 is 1.90 bits per heavy atom. The van der Waals surface area contributed by atoms with E-state index in [9.17, 15) is 9.90 Å². The number of ether oxygens (including phenoxy) is 1. The monoisotopic (exact) mass is 427 g/mol. The molecule has 0 radical (unpaired) electrons. The van der Waals surface area contributed by atoms with Crippen LogP contribution in [0, 0.1) is 28.6 Å². The number of esters is 1. The highest BCUT2D eigenvalue weighted by Gasteiger charge is 2.68. The van der Waals surface area contributed by atoms with Crippen LogP contribution in [-0.2, 0) is 22.5 Å². The van der Waals surface area contributed by atoms with Crippen LogP contribution in [0.15, 0.2) is 10.5 Å². The Balaban J connectivity index is 1.39. The highest BCUT2D eigenvalue weighted by molar-refractivity contribution is 5.82. The van der Waals surface area contributed by atoms with E-state index in [1.54, 1.807) is 0 Å². The van der Waals surface area contributed by atoms with Gasteiger partial charge in [0.25, 0.3) is 0 Å². The molecule has 3 aliphatic carbocycles. The van der Waals surface area contributed by atoms with Gasteiger partial charge in [-0.1, -0.05) is 33.6 Å². The maximum absolute atomic E-state index is 13.1. The van der Waals surface area contributed by atoms with Crippen LogP contribution in [0.4, 0.5) is 0 Å². The van der Waals surface area contributed by atoms with E-state index >= 15 is 0 Å². The van der Waals surface area contributed by atoms with Crippen molar-refractivity contribution in [3.8, 4) is 0 Å². The summed E-state index contributed by atoms with van der Waals surface area (Å²) in [4.78, 5) is 15.6. The van der Waals surface area contributed by atoms with E-state index in [0.29, 0.717) is 5.92 Å². The van der Waals surface area contributed by atoms with Gasteiger partial charge in [0.1, 0.15) is 17.6 Å². The van der Waals surface area contributed by atoms with Gasteiger partial charge in [0.05, 0.1) is 18.6 Å². The molecule has 5 nitrogen and oxygen atoms in total. The molecule has 5 heteroatoms. The predicted octanol–water partition coefficient (Wildman–Crippen LogP) is 4.27. The van der Waals surface area contributed by atoms with E-state index in [0.717, 1.165) is 56.0 Å². The summed E-state index contributed by atoms with van der Waals surface area (Å²) in [7, 11) is 0. The van der Waals surface area contributed by atoms with Crippen molar-refractivity contribution in [1.82, 2.24) is 4.90 Å². The summed E-state index contributed by atoms with van der Waals surface area (Å²) in [5, 5.41) is 11.5. The van der Waals surface area contributed by atoms with Gasteiger partial charge in [0, 0.05) is 17.9 Å². The van der Waals surface area contributed by atoms with Crippen molar-refractivity contribution in [3.05, 3.63) is 23.2 Å². The lowest BCUT2D eigenvalue weighted by atomic mass is 9.42. The number of likely N-dealkylation sites (tertiary alicyclic amines) is 1. The third-order valence-corrected chi connectivity index (χ3v) is 9.81. The van der Waals surface area contributed by atoms with Crippen LogP contribution >= 0.6 is 0 Å². The number of nitrogens with zero attached hydrogens (tertiary/aromatic N) is 1. The first-order valence-electron chi connectivity index (χ1n) is 12.5. The quantitative estimate of drug-likeness (QED) is 0.714. The number of fused-ring (bicyclic) bond motifs is 4. The van der Waals surface area contributed by atoms with E-state index in [1.165, 1.54) is 25.7 Å². The van der Waals surface area contributed by atoms with Gasteiger partial charge in [-0.15, -0.1) is 0 Å². The summed E-state index contributed by atoms with van der Waals surface area (Å²) in [5.74, 6) is 2.13. The van der Waals surface area contributed by atoms with E-state index in [4.69, 9.17) is 9.15 Å². The zero-order valence-electron chi connectivity index (χ0n) is 19.2. The fourth-order valence-corrected chi connectivity index (χ4v) is 8.66. The molecule has 170 valence electrons. The summed E-state index contributed by atoms with van der Waals surface area (Å²) in [6.07, 6.45) is 7.20. The number of carbonyl (C=O) groups excluding carboxylic acids is 1. The lowest BCUT2D eigenvalue weighted by molar-refractivity contribution is -0.203. The third-order valence-electron chi connectivity index (χ3n) is 9.81. The minimum atomic E-state index is -0.572. The molecular formula is C26H37NO4. The first kappa shape index (κ1) is 20.3. The summed E-state index contributed by atoms with van der Waals surface area (Å²) in [6.45, 7) is 10.1. The van der Waals surface area contributed by atoms with Crippen LogP contribution in [-0.4, -0.2) is 41.3 Å². The van der Waals surface area contributed by atoms with Crippen molar-refractivity contribution in [2.24, 2.45) is 28.6 Å². The zero-order chi connectivity index (χ0) is 21.5. The highest BCUT2D eigenvalue weighted by Crippen LogP contribution is 2.67. The Morgan fingerprint density at radius 1 is 1.13 bits per heavy atom. The second-order valence-electron chi connectivity index (χ2n) is 12.0. The molecule has 7 atom stereocenters. The molecule has 1 N–H and O–H groups in total. The normalized spacial score (nSPS) is 43.7. The predicted molar refractivity (Wildman–Crippen MR) is 116 cm³/mol. The first-order chi connectivity index (χ1) is 14.8. The van der Waals surface area contributed by atoms with E-state index < -0.39 is 6.10 Å². The maximum Gasteiger partial charge on any atom is 0.314 e. The summed E-state index contributed by atoms with van der Waals surface area (Å²) in [5.41, 5.74) is 1.10. The number of aliphatic hydroxyl groups excluding tert-OH is 1. The van der Waals surface area contributed by atoms with Gasteiger partial charge in [-0.2, -0.15) is 0 Å². The van der Waals surface area contributed by atoms with Crippen molar-refractivity contribution in [3.63, 3.8) is 0 Å². The van der Waals surface area contributed by atoms with Crippen molar-refractivity contribution in [1.29, 1.82) is 0 Å². The topological polar surface area (TPSA) is 62.9 Å². The number of hydrogen-bond acceptors (Lipinski definition) is 5.